The molecule has 0 aromatic heterocycles. The molecule has 0 aliphatic rings. The average Bonchev–Trinajstić information content (AvgIpc) is 2.15. The lowest BCUT2D eigenvalue weighted by Crippen LogP contribution is -2.34. The fraction of sp³-hybridized carbons (Fsp3) is 0.714. The van der Waals surface area contributed by atoms with E-state index in [1.165, 1.54) is 6.92 Å². The van der Waals surface area contributed by atoms with Gasteiger partial charge in [-0.2, -0.15) is 5.26 Å². The van der Waals surface area contributed by atoms with Crippen LogP contribution in [0, 0.1) is 11.3 Å². The summed E-state index contributed by atoms with van der Waals surface area (Å²) in [6.07, 6.45) is 0. The van der Waals surface area contributed by atoms with Crippen molar-refractivity contribution >= 4 is 16.0 Å². The van der Waals surface area contributed by atoms with Gasteiger partial charge in [-0.1, -0.05) is 0 Å². The zero-order valence-corrected chi connectivity index (χ0v) is 8.95. The maximum absolute atomic E-state index is 11.2. The third-order valence-corrected chi connectivity index (χ3v) is 3.07. The Balaban J connectivity index is 3.78. The van der Waals surface area contributed by atoms with E-state index in [0.717, 1.165) is 0 Å². The normalized spacial score (nSPS) is 13.1. The molecule has 0 rings (SSSR count). The molecule has 86 valence electrons. The molecule has 0 aliphatic carbocycles. The van der Waals surface area contributed by atoms with Gasteiger partial charge < -0.3 is 9.84 Å². The van der Waals surface area contributed by atoms with Crippen molar-refractivity contribution in [2.45, 2.75) is 12.2 Å². The van der Waals surface area contributed by atoms with Crippen LogP contribution in [0.3, 0.4) is 0 Å². The van der Waals surface area contributed by atoms with E-state index >= 15 is 0 Å². The molecule has 0 fully saturated rings. The minimum atomic E-state index is -3.65. The van der Waals surface area contributed by atoms with Crippen LogP contribution in [0.2, 0.25) is 0 Å². The first kappa shape index (κ1) is 13.8. The van der Waals surface area contributed by atoms with Crippen molar-refractivity contribution in [3.8, 4) is 6.07 Å². The molecule has 0 amide bonds. The summed E-state index contributed by atoms with van der Waals surface area (Å²) in [5.41, 5.74) is 0. The van der Waals surface area contributed by atoms with Crippen LogP contribution in [-0.2, 0) is 19.6 Å². The van der Waals surface area contributed by atoms with E-state index in [1.807, 2.05) is 0 Å². The van der Waals surface area contributed by atoms with Gasteiger partial charge in [-0.15, -0.1) is 0 Å². The second-order valence-electron chi connectivity index (χ2n) is 2.66. The molecule has 0 saturated carbocycles. The highest BCUT2D eigenvalue weighted by molar-refractivity contribution is 7.90. The van der Waals surface area contributed by atoms with E-state index < -0.39 is 27.8 Å². The zero-order valence-electron chi connectivity index (χ0n) is 8.13. The molecule has 0 heterocycles. The Morgan fingerprint density at radius 1 is 1.67 bits per heavy atom. The predicted octanol–water partition coefficient (Wildman–Crippen LogP) is -1.08. The number of nitrogens with zero attached hydrogens (tertiary/aromatic N) is 1. The van der Waals surface area contributed by atoms with Gasteiger partial charge in [0.15, 0.2) is 5.25 Å². The van der Waals surface area contributed by atoms with Crippen LogP contribution in [0.15, 0.2) is 0 Å². The van der Waals surface area contributed by atoms with Crippen LogP contribution in [0.25, 0.3) is 0 Å². The van der Waals surface area contributed by atoms with Gasteiger partial charge in [0, 0.05) is 6.54 Å². The molecule has 0 radical (unpaired) electrons. The molecule has 1 atom stereocenters. The Labute approximate surface area is 87.7 Å². The number of ether oxygens (including phenoxy) is 1. The van der Waals surface area contributed by atoms with Gasteiger partial charge in [0.1, 0.15) is 6.61 Å². The number of nitriles is 1. The lowest BCUT2D eigenvalue weighted by atomic mass is 10.5. The number of hydrogen-bond donors (Lipinski definition) is 2. The third kappa shape index (κ3) is 6.01. The van der Waals surface area contributed by atoms with Crippen molar-refractivity contribution in [2.24, 2.45) is 0 Å². The first-order chi connectivity index (χ1) is 6.90. The summed E-state index contributed by atoms with van der Waals surface area (Å²) in [5.74, 6) is -1.12. The number of rotatable bonds is 7. The lowest BCUT2D eigenvalue weighted by molar-refractivity contribution is -0.142. The van der Waals surface area contributed by atoms with Gasteiger partial charge in [0.05, 0.1) is 12.7 Å². The molecule has 8 heteroatoms. The number of hydrogen-bond acceptors (Lipinski definition) is 5. The summed E-state index contributed by atoms with van der Waals surface area (Å²) in [5, 5.41) is 15.4. The molecule has 2 N–H and O–H groups in total. The second kappa shape index (κ2) is 6.34. The Kier molecular flexibility index (Phi) is 5.84. The highest BCUT2D eigenvalue weighted by atomic mass is 32.2. The fourth-order valence-electron chi connectivity index (χ4n) is 0.610. The minimum absolute atomic E-state index is 0.0519. The molecule has 0 aromatic rings. The van der Waals surface area contributed by atoms with Gasteiger partial charge in [-0.05, 0) is 6.92 Å². The topological polar surface area (TPSA) is 116 Å². The molecule has 15 heavy (non-hydrogen) atoms. The van der Waals surface area contributed by atoms with Crippen LogP contribution in [0.1, 0.15) is 6.92 Å². The summed E-state index contributed by atoms with van der Waals surface area (Å²) < 4.78 is 29.0. The van der Waals surface area contributed by atoms with Crippen LogP contribution < -0.4 is 4.72 Å². The standard InChI is InChI=1S/C7H12N2O5S/c1-6(4-8)15(12,13)9-2-3-14-5-7(10)11/h6,9H,2-3,5H2,1H3,(H,10,11). The fourth-order valence-corrected chi connectivity index (χ4v) is 1.37. The van der Waals surface area contributed by atoms with E-state index in [9.17, 15) is 13.2 Å². The quantitative estimate of drug-likeness (QED) is 0.543. The highest BCUT2D eigenvalue weighted by Gasteiger charge is 2.18. The molecule has 7 nitrogen and oxygen atoms in total. The van der Waals surface area contributed by atoms with E-state index in [4.69, 9.17) is 10.4 Å². The van der Waals surface area contributed by atoms with E-state index in [0.29, 0.717) is 0 Å². The van der Waals surface area contributed by atoms with E-state index in [-0.39, 0.29) is 13.2 Å². The number of carbonyl (C=O) groups is 1. The summed E-state index contributed by atoms with van der Waals surface area (Å²) in [4.78, 5) is 10.0. The summed E-state index contributed by atoms with van der Waals surface area (Å²) in [7, 11) is -3.65. The molecule has 0 aliphatic heterocycles. The molecule has 0 spiro atoms. The monoisotopic (exact) mass is 236 g/mol. The van der Waals surface area contributed by atoms with Crippen molar-refractivity contribution < 1.29 is 23.1 Å². The number of carboxylic acid groups (broad SMARTS) is 1. The molecular formula is C7H12N2O5S. The Bertz CT molecular complexity index is 345. The summed E-state index contributed by atoms with van der Waals surface area (Å²) >= 11 is 0. The first-order valence-electron chi connectivity index (χ1n) is 4.07. The van der Waals surface area contributed by atoms with Crippen molar-refractivity contribution in [3.05, 3.63) is 0 Å². The molecule has 1 unspecified atom stereocenters. The maximum Gasteiger partial charge on any atom is 0.329 e. The second-order valence-corrected chi connectivity index (χ2v) is 4.74. The largest absolute Gasteiger partial charge is 0.480 e. The SMILES string of the molecule is CC(C#N)S(=O)(=O)NCCOCC(=O)O. The first-order valence-corrected chi connectivity index (χ1v) is 5.62. The van der Waals surface area contributed by atoms with Gasteiger partial charge >= 0.3 is 5.97 Å². The zero-order chi connectivity index (χ0) is 11.9. The number of sulfonamides is 1. The lowest BCUT2D eigenvalue weighted by Gasteiger charge is -2.07. The van der Waals surface area contributed by atoms with E-state index in [1.54, 1.807) is 6.07 Å². The molecule has 0 saturated heterocycles. The van der Waals surface area contributed by atoms with E-state index in [2.05, 4.69) is 9.46 Å². The van der Waals surface area contributed by atoms with Gasteiger partial charge in [-0.25, -0.2) is 17.9 Å². The number of carboxylic acids is 1. The molecule has 0 bridgehead atoms. The summed E-state index contributed by atoms with van der Waals surface area (Å²) in [6.45, 7) is 0.668. The van der Waals surface area contributed by atoms with Gasteiger partial charge in [-0.3, -0.25) is 0 Å². The third-order valence-electron chi connectivity index (χ3n) is 1.42. The van der Waals surface area contributed by atoms with Crippen molar-refractivity contribution in [2.75, 3.05) is 19.8 Å². The number of aliphatic carboxylic acids is 1. The Morgan fingerprint density at radius 3 is 2.73 bits per heavy atom. The van der Waals surface area contributed by atoms with Crippen molar-refractivity contribution in [1.82, 2.24) is 4.72 Å². The Hall–Kier alpha value is -1.17. The van der Waals surface area contributed by atoms with Gasteiger partial charge in [0.25, 0.3) is 0 Å². The molecular weight excluding hydrogens is 224 g/mol. The average molecular weight is 236 g/mol. The predicted molar refractivity (Wildman–Crippen MR) is 50.5 cm³/mol. The van der Waals surface area contributed by atoms with Gasteiger partial charge in [0.2, 0.25) is 10.0 Å². The van der Waals surface area contributed by atoms with Crippen molar-refractivity contribution in [3.63, 3.8) is 0 Å². The molecule has 0 aromatic carbocycles. The highest BCUT2D eigenvalue weighted by Crippen LogP contribution is 1.94. The van der Waals surface area contributed by atoms with Crippen LogP contribution >= 0.6 is 0 Å². The van der Waals surface area contributed by atoms with Crippen LogP contribution in [-0.4, -0.2) is 44.5 Å². The summed E-state index contributed by atoms with van der Waals surface area (Å²) in [6, 6.07) is 1.58. The minimum Gasteiger partial charge on any atom is -0.480 e. The van der Waals surface area contributed by atoms with Crippen LogP contribution in [0.5, 0.6) is 0 Å². The Morgan fingerprint density at radius 2 is 2.27 bits per heavy atom. The smallest absolute Gasteiger partial charge is 0.329 e. The van der Waals surface area contributed by atoms with Crippen molar-refractivity contribution in [1.29, 1.82) is 5.26 Å². The maximum atomic E-state index is 11.2. The van der Waals surface area contributed by atoms with Crippen LogP contribution in [0.4, 0.5) is 0 Å². The number of nitrogens with one attached hydrogen (secondary N) is 1.